The van der Waals surface area contributed by atoms with Crippen LogP contribution in [0.5, 0.6) is 0 Å². The lowest BCUT2D eigenvalue weighted by atomic mass is 10.4. The van der Waals surface area contributed by atoms with E-state index in [9.17, 15) is 9.36 Å². The van der Waals surface area contributed by atoms with Crippen molar-refractivity contribution in [2.24, 2.45) is 0 Å². The molecule has 0 aromatic carbocycles. The summed E-state index contributed by atoms with van der Waals surface area (Å²) in [6, 6.07) is 0. The summed E-state index contributed by atoms with van der Waals surface area (Å²) >= 11 is 0. The van der Waals surface area contributed by atoms with Gasteiger partial charge in [-0.15, -0.1) is 0 Å². The second-order valence-electron chi connectivity index (χ2n) is 2.18. The first-order chi connectivity index (χ1) is 5.89. The third-order valence-electron chi connectivity index (χ3n) is 0.892. The zero-order valence-corrected chi connectivity index (χ0v) is 7.99. The minimum absolute atomic E-state index is 0.0122. The topological polar surface area (TPSA) is 93.1 Å². The number of rotatable bonds is 5. The van der Waals surface area contributed by atoms with E-state index < -0.39 is 20.4 Å². The quantitative estimate of drug-likeness (QED) is 0.497. The lowest BCUT2D eigenvalue weighted by Gasteiger charge is -2.10. The second-order valence-corrected chi connectivity index (χ2v) is 3.56. The van der Waals surface area contributed by atoms with E-state index in [-0.39, 0.29) is 12.2 Å². The molecule has 0 saturated heterocycles. The molecular formula is C6H11O6P. The average molecular weight is 210 g/mol. The maximum atomic E-state index is 10.8. The Hall–Kier alpha value is -0.680. The highest BCUT2D eigenvalue weighted by atomic mass is 31.2. The van der Waals surface area contributed by atoms with Gasteiger partial charge in [0.05, 0.1) is 13.2 Å². The molecule has 1 atom stereocenters. The molecule has 0 aromatic heterocycles. The summed E-state index contributed by atoms with van der Waals surface area (Å²) in [5.74, 6) is -1.01. The SMILES string of the molecule is C=C(C)C(=O)OP(=O)(O)OCCO. The Morgan fingerprint density at radius 3 is 2.54 bits per heavy atom. The summed E-state index contributed by atoms with van der Waals surface area (Å²) in [5, 5.41) is 8.26. The van der Waals surface area contributed by atoms with Crippen LogP contribution in [0.25, 0.3) is 0 Å². The number of carbonyl (C=O) groups is 1. The molecular weight excluding hydrogens is 199 g/mol. The molecule has 0 spiro atoms. The standard InChI is InChI=1S/C6H11O6P/c1-5(2)6(8)12-13(9,10)11-4-3-7/h7H,1,3-4H2,2H3,(H,9,10). The van der Waals surface area contributed by atoms with Crippen LogP contribution in [0.3, 0.4) is 0 Å². The lowest BCUT2D eigenvalue weighted by molar-refractivity contribution is -0.131. The molecule has 13 heavy (non-hydrogen) atoms. The summed E-state index contributed by atoms with van der Waals surface area (Å²) in [4.78, 5) is 19.5. The minimum atomic E-state index is -4.39. The summed E-state index contributed by atoms with van der Waals surface area (Å²) in [6.07, 6.45) is 0. The van der Waals surface area contributed by atoms with Gasteiger partial charge >= 0.3 is 13.8 Å². The fraction of sp³-hybridized carbons (Fsp3) is 0.500. The molecule has 1 unspecified atom stereocenters. The number of hydrogen-bond acceptors (Lipinski definition) is 5. The minimum Gasteiger partial charge on any atom is -0.394 e. The van der Waals surface area contributed by atoms with Gasteiger partial charge in [-0.2, -0.15) is 0 Å². The maximum Gasteiger partial charge on any atom is 0.529 e. The first-order valence-electron chi connectivity index (χ1n) is 3.36. The molecule has 7 heteroatoms. The zero-order valence-electron chi connectivity index (χ0n) is 7.10. The van der Waals surface area contributed by atoms with Gasteiger partial charge in [0.25, 0.3) is 0 Å². The third kappa shape index (κ3) is 5.54. The van der Waals surface area contributed by atoms with Crippen molar-refractivity contribution < 1.29 is 28.4 Å². The highest BCUT2D eigenvalue weighted by Crippen LogP contribution is 2.43. The van der Waals surface area contributed by atoms with E-state index >= 15 is 0 Å². The van der Waals surface area contributed by atoms with Gasteiger partial charge in [0.15, 0.2) is 0 Å². The molecule has 0 radical (unpaired) electrons. The first-order valence-corrected chi connectivity index (χ1v) is 4.86. The molecule has 2 N–H and O–H groups in total. The fourth-order valence-electron chi connectivity index (χ4n) is 0.365. The van der Waals surface area contributed by atoms with E-state index in [0.29, 0.717) is 0 Å². The summed E-state index contributed by atoms with van der Waals surface area (Å²) in [6.45, 7) is 3.72. The van der Waals surface area contributed by atoms with E-state index in [2.05, 4.69) is 15.6 Å². The Bertz CT molecular complexity index is 248. The third-order valence-corrected chi connectivity index (χ3v) is 1.80. The number of aliphatic hydroxyl groups excluding tert-OH is 1. The van der Waals surface area contributed by atoms with Crippen molar-refractivity contribution in [2.45, 2.75) is 6.92 Å². The summed E-state index contributed by atoms with van der Waals surface area (Å²) in [7, 11) is -4.39. The van der Waals surface area contributed by atoms with E-state index in [1.165, 1.54) is 6.92 Å². The molecule has 0 aliphatic heterocycles. The van der Waals surface area contributed by atoms with Gasteiger partial charge in [0.2, 0.25) is 0 Å². The van der Waals surface area contributed by atoms with Crippen molar-refractivity contribution in [2.75, 3.05) is 13.2 Å². The molecule has 0 amide bonds. The van der Waals surface area contributed by atoms with E-state index in [1.54, 1.807) is 0 Å². The highest BCUT2D eigenvalue weighted by Gasteiger charge is 2.25. The Labute approximate surface area is 75.4 Å². The average Bonchev–Trinajstić information content (AvgIpc) is 2.00. The molecule has 0 aromatic rings. The number of phosphoric acid groups is 1. The maximum absolute atomic E-state index is 10.8. The molecule has 0 fully saturated rings. The van der Waals surface area contributed by atoms with Crippen LogP contribution in [-0.2, 0) is 18.4 Å². The van der Waals surface area contributed by atoms with Crippen LogP contribution in [0.2, 0.25) is 0 Å². The van der Waals surface area contributed by atoms with Crippen LogP contribution in [0.4, 0.5) is 0 Å². The Balaban J connectivity index is 4.09. The van der Waals surface area contributed by atoms with Gasteiger partial charge in [0.1, 0.15) is 0 Å². The van der Waals surface area contributed by atoms with Crippen molar-refractivity contribution in [3.8, 4) is 0 Å². The van der Waals surface area contributed by atoms with Crippen molar-refractivity contribution in [1.82, 2.24) is 0 Å². The molecule has 0 aliphatic rings. The predicted molar refractivity (Wildman–Crippen MR) is 43.8 cm³/mol. The largest absolute Gasteiger partial charge is 0.529 e. The molecule has 6 nitrogen and oxygen atoms in total. The smallest absolute Gasteiger partial charge is 0.394 e. The molecule has 76 valence electrons. The predicted octanol–water partition coefficient (Wildman–Crippen LogP) is 0.215. The van der Waals surface area contributed by atoms with Gasteiger partial charge in [-0.05, 0) is 6.92 Å². The Morgan fingerprint density at radius 2 is 2.15 bits per heavy atom. The van der Waals surface area contributed by atoms with Gasteiger partial charge in [-0.25, -0.2) is 9.36 Å². The molecule has 0 bridgehead atoms. The van der Waals surface area contributed by atoms with E-state index in [0.717, 1.165) is 0 Å². The molecule has 0 heterocycles. The first kappa shape index (κ1) is 12.3. The highest BCUT2D eigenvalue weighted by molar-refractivity contribution is 7.48. The van der Waals surface area contributed by atoms with Crippen LogP contribution in [-0.4, -0.2) is 29.2 Å². The number of carbonyl (C=O) groups excluding carboxylic acids is 1. The number of hydrogen-bond donors (Lipinski definition) is 2. The van der Waals surface area contributed by atoms with Gasteiger partial charge < -0.3 is 9.63 Å². The second kappa shape index (κ2) is 5.14. The van der Waals surface area contributed by atoms with Crippen LogP contribution in [0, 0.1) is 0 Å². The van der Waals surface area contributed by atoms with Crippen molar-refractivity contribution in [1.29, 1.82) is 0 Å². The van der Waals surface area contributed by atoms with Gasteiger partial charge in [0, 0.05) is 5.57 Å². The van der Waals surface area contributed by atoms with Crippen molar-refractivity contribution in [3.05, 3.63) is 12.2 Å². The van der Waals surface area contributed by atoms with Crippen LogP contribution >= 0.6 is 7.82 Å². The van der Waals surface area contributed by atoms with Gasteiger partial charge in [-0.1, -0.05) is 6.58 Å². The normalized spacial score (nSPS) is 14.7. The summed E-state index contributed by atoms with van der Waals surface area (Å²) < 4.78 is 19.0. The van der Waals surface area contributed by atoms with Crippen LogP contribution in [0.15, 0.2) is 12.2 Å². The molecule has 0 aliphatic carbocycles. The fourth-order valence-corrected chi connectivity index (χ4v) is 1.10. The number of phosphoric ester groups is 1. The van der Waals surface area contributed by atoms with E-state index in [1.807, 2.05) is 0 Å². The number of aliphatic hydroxyl groups is 1. The van der Waals surface area contributed by atoms with Gasteiger partial charge in [-0.3, -0.25) is 9.42 Å². The Kier molecular flexibility index (Phi) is 4.87. The molecule has 0 saturated carbocycles. The Morgan fingerprint density at radius 1 is 1.62 bits per heavy atom. The van der Waals surface area contributed by atoms with Crippen molar-refractivity contribution >= 4 is 13.8 Å². The van der Waals surface area contributed by atoms with Crippen LogP contribution < -0.4 is 0 Å². The van der Waals surface area contributed by atoms with Crippen LogP contribution in [0.1, 0.15) is 6.92 Å². The van der Waals surface area contributed by atoms with E-state index in [4.69, 9.17) is 10.00 Å². The summed E-state index contributed by atoms with van der Waals surface area (Å²) in [5.41, 5.74) is -0.0122. The zero-order chi connectivity index (χ0) is 10.5. The van der Waals surface area contributed by atoms with Crippen molar-refractivity contribution in [3.63, 3.8) is 0 Å². The molecule has 0 rings (SSSR count). The monoisotopic (exact) mass is 210 g/mol. The lowest BCUT2D eigenvalue weighted by Crippen LogP contribution is -2.06.